The summed E-state index contributed by atoms with van der Waals surface area (Å²) in [5.41, 5.74) is 1.66. The van der Waals surface area contributed by atoms with Crippen LogP contribution in [0.4, 0.5) is 4.79 Å². The van der Waals surface area contributed by atoms with Crippen molar-refractivity contribution in [1.82, 2.24) is 15.1 Å². The Morgan fingerprint density at radius 1 is 1.38 bits per heavy atom. The van der Waals surface area contributed by atoms with Gasteiger partial charge in [-0.1, -0.05) is 35.9 Å². The molecule has 2 aliphatic rings. The van der Waals surface area contributed by atoms with Gasteiger partial charge in [-0.25, -0.2) is 9.59 Å². The van der Waals surface area contributed by atoms with E-state index in [1.54, 1.807) is 24.0 Å². The van der Waals surface area contributed by atoms with Crippen LogP contribution < -0.4 is 5.32 Å². The second kappa shape index (κ2) is 9.91. The fraction of sp³-hybridized carbons (Fsp3) is 0.429. The lowest BCUT2D eigenvalue weighted by atomic mass is 9.94. The van der Waals surface area contributed by atoms with Crippen molar-refractivity contribution >= 4 is 23.6 Å². The lowest BCUT2D eigenvalue weighted by molar-refractivity contribution is -0.139. The molecule has 29 heavy (non-hydrogen) atoms. The van der Waals surface area contributed by atoms with Crippen LogP contribution in [-0.2, 0) is 14.3 Å². The van der Waals surface area contributed by atoms with E-state index in [1.807, 2.05) is 18.2 Å². The molecule has 0 aromatic heterocycles. The third kappa shape index (κ3) is 4.80. The number of halogens is 1. The molecule has 156 valence electrons. The molecule has 8 heteroatoms. The predicted molar refractivity (Wildman–Crippen MR) is 111 cm³/mol. The highest BCUT2D eigenvalue weighted by molar-refractivity contribution is 6.31. The highest BCUT2D eigenvalue weighted by Crippen LogP contribution is 2.35. The number of esters is 1. The van der Waals surface area contributed by atoms with Gasteiger partial charge in [-0.15, -0.1) is 6.58 Å². The Hall–Kier alpha value is -2.35. The van der Waals surface area contributed by atoms with E-state index in [0.29, 0.717) is 41.6 Å². The summed E-state index contributed by atoms with van der Waals surface area (Å²) in [7, 11) is 0. The molecule has 2 amide bonds. The van der Waals surface area contributed by atoms with Crippen LogP contribution >= 0.6 is 11.6 Å². The van der Waals surface area contributed by atoms with Gasteiger partial charge >= 0.3 is 12.0 Å². The molecule has 3 rings (SSSR count). The highest BCUT2D eigenvalue weighted by atomic mass is 35.5. The Labute approximate surface area is 175 Å². The SMILES string of the molecule is C=CCN1C(=O)NC(c2ccccc2Cl)C(C(=O)OCC)=C1CN1CCOCC1. The zero-order valence-corrected chi connectivity index (χ0v) is 17.3. The minimum atomic E-state index is -0.688. The summed E-state index contributed by atoms with van der Waals surface area (Å²) in [6.07, 6.45) is 1.64. The lowest BCUT2D eigenvalue weighted by Crippen LogP contribution is -2.51. The minimum Gasteiger partial charge on any atom is -0.463 e. The largest absolute Gasteiger partial charge is 0.463 e. The number of benzene rings is 1. The topological polar surface area (TPSA) is 71.1 Å². The number of carbonyl (C=O) groups is 2. The summed E-state index contributed by atoms with van der Waals surface area (Å²) in [6, 6.07) is 6.20. The first-order valence-corrected chi connectivity index (χ1v) is 10.1. The number of ether oxygens (including phenoxy) is 2. The highest BCUT2D eigenvalue weighted by Gasteiger charge is 2.39. The second-order valence-corrected chi connectivity index (χ2v) is 7.18. The molecule has 0 saturated carbocycles. The van der Waals surface area contributed by atoms with Crippen molar-refractivity contribution in [2.24, 2.45) is 0 Å². The summed E-state index contributed by atoms with van der Waals surface area (Å²) in [6.45, 7) is 9.13. The fourth-order valence-electron chi connectivity index (χ4n) is 3.56. The first-order chi connectivity index (χ1) is 14.1. The van der Waals surface area contributed by atoms with E-state index >= 15 is 0 Å². The maximum atomic E-state index is 13.0. The zero-order valence-electron chi connectivity index (χ0n) is 16.5. The van der Waals surface area contributed by atoms with Crippen molar-refractivity contribution in [3.63, 3.8) is 0 Å². The molecule has 7 nitrogen and oxygen atoms in total. The summed E-state index contributed by atoms with van der Waals surface area (Å²) >= 11 is 6.41. The number of morpholine rings is 1. The fourth-order valence-corrected chi connectivity index (χ4v) is 3.80. The number of rotatable bonds is 7. The summed E-state index contributed by atoms with van der Waals surface area (Å²) in [5, 5.41) is 3.39. The average Bonchev–Trinajstić information content (AvgIpc) is 2.71. The van der Waals surface area contributed by atoms with E-state index in [2.05, 4.69) is 16.8 Å². The second-order valence-electron chi connectivity index (χ2n) is 6.77. The molecule has 1 aromatic carbocycles. The molecule has 0 bridgehead atoms. The number of nitrogens with one attached hydrogen (secondary N) is 1. The molecule has 2 aliphatic heterocycles. The van der Waals surface area contributed by atoms with Gasteiger partial charge in [-0.2, -0.15) is 0 Å². The zero-order chi connectivity index (χ0) is 20.8. The maximum absolute atomic E-state index is 13.0. The van der Waals surface area contributed by atoms with Gasteiger partial charge in [0.2, 0.25) is 0 Å². The Balaban J connectivity index is 2.11. The third-order valence-electron chi connectivity index (χ3n) is 4.94. The summed E-state index contributed by atoms with van der Waals surface area (Å²) in [4.78, 5) is 29.7. The molecule has 1 N–H and O–H groups in total. The Morgan fingerprint density at radius 3 is 2.76 bits per heavy atom. The van der Waals surface area contributed by atoms with Crippen LogP contribution in [0.1, 0.15) is 18.5 Å². The van der Waals surface area contributed by atoms with Crippen molar-refractivity contribution in [2.45, 2.75) is 13.0 Å². The van der Waals surface area contributed by atoms with Gasteiger partial charge in [0.15, 0.2) is 0 Å². The van der Waals surface area contributed by atoms with E-state index in [4.69, 9.17) is 21.1 Å². The van der Waals surface area contributed by atoms with E-state index in [9.17, 15) is 9.59 Å². The quantitative estimate of drug-likeness (QED) is 0.543. The van der Waals surface area contributed by atoms with Crippen LogP contribution in [-0.4, -0.2) is 67.8 Å². The van der Waals surface area contributed by atoms with Gasteiger partial charge < -0.3 is 14.8 Å². The standard InChI is InChI=1S/C21H26ClN3O4/c1-3-9-25-17(14-24-10-12-28-13-11-24)18(20(26)29-4-2)19(23-21(25)27)15-7-5-6-8-16(15)22/h3,5-8,19H,1,4,9-14H2,2H3,(H,23,27). The van der Waals surface area contributed by atoms with E-state index < -0.39 is 12.0 Å². The number of amides is 2. The molecule has 1 saturated heterocycles. The monoisotopic (exact) mass is 419 g/mol. The van der Waals surface area contributed by atoms with Gasteiger partial charge in [0.05, 0.1) is 31.4 Å². The molecule has 1 aromatic rings. The van der Waals surface area contributed by atoms with Gasteiger partial charge in [0.25, 0.3) is 0 Å². The summed E-state index contributed by atoms with van der Waals surface area (Å²) in [5.74, 6) is -0.463. The molecule has 0 radical (unpaired) electrons. The lowest BCUT2D eigenvalue weighted by Gasteiger charge is -2.39. The molecule has 2 heterocycles. The average molecular weight is 420 g/mol. The van der Waals surface area contributed by atoms with Crippen molar-refractivity contribution in [1.29, 1.82) is 0 Å². The number of carbonyl (C=O) groups excluding carboxylic acids is 2. The molecule has 0 aliphatic carbocycles. The van der Waals surface area contributed by atoms with Crippen molar-refractivity contribution < 1.29 is 19.1 Å². The van der Waals surface area contributed by atoms with Crippen LogP contribution in [0.5, 0.6) is 0 Å². The number of nitrogens with zero attached hydrogens (tertiary/aromatic N) is 2. The normalized spacial score (nSPS) is 20.4. The minimum absolute atomic E-state index is 0.234. The van der Waals surface area contributed by atoms with E-state index in [1.165, 1.54) is 0 Å². The van der Waals surface area contributed by atoms with Crippen LogP contribution in [0, 0.1) is 0 Å². The Morgan fingerprint density at radius 2 is 2.10 bits per heavy atom. The Bertz CT molecular complexity index is 805. The van der Waals surface area contributed by atoms with E-state index in [-0.39, 0.29) is 19.2 Å². The number of hydrogen-bond donors (Lipinski definition) is 1. The smallest absolute Gasteiger partial charge is 0.338 e. The number of hydrogen-bond acceptors (Lipinski definition) is 5. The van der Waals surface area contributed by atoms with Crippen LogP contribution in [0.3, 0.4) is 0 Å². The molecule has 0 spiro atoms. The first-order valence-electron chi connectivity index (χ1n) is 9.70. The third-order valence-corrected chi connectivity index (χ3v) is 5.28. The molecule has 1 fully saturated rings. The van der Waals surface area contributed by atoms with Crippen LogP contribution in [0.2, 0.25) is 5.02 Å². The first kappa shape index (κ1) is 21.4. The van der Waals surface area contributed by atoms with Crippen molar-refractivity contribution in [3.05, 3.63) is 58.8 Å². The van der Waals surface area contributed by atoms with Crippen LogP contribution in [0.25, 0.3) is 0 Å². The summed E-state index contributed by atoms with van der Waals surface area (Å²) < 4.78 is 10.8. The van der Waals surface area contributed by atoms with Crippen LogP contribution in [0.15, 0.2) is 48.2 Å². The van der Waals surface area contributed by atoms with Gasteiger partial charge in [0.1, 0.15) is 0 Å². The molecular formula is C21H26ClN3O4. The van der Waals surface area contributed by atoms with Crippen molar-refractivity contribution in [2.75, 3.05) is 46.0 Å². The van der Waals surface area contributed by atoms with Gasteiger partial charge in [-0.3, -0.25) is 9.80 Å². The molecule has 1 unspecified atom stereocenters. The molecule has 1 atom stereocenters. The van der Waals surface area contributed by atoms with Crippen molar-refractivity contribution in [3.8, 4) is 0 Å². The Kier molecular flexibility index (Phi) is 7.30. The molecular weight excluding hydrogens is 394 g/mol. The predicted octanol–water partition coefficient (Wildman–Crippen LogP) is 2.74. The van der Waals surface area contributed by atoms with Gasteiger partial charge in [-0.05, 0) is 18.6 Å². The van der Waals surface area contributed by atoms with Gasteiger partial charge in [0, 0.05) is 36.9 Å². The maximum Gasteiger partial charge on any atom is 0.338 e. The number of urea groups is 1. The van der Waals surface area contributed by atoms with E-state index in [0.717, 1.165) is 13.1 Å².